The number of fused-ring (bicyclic) bond motifs is 1. The van der Waals surface area contributed by atoms with Crippen LogP contribution in [0.25, 0.3) is 0 Å². The molecule has 0 aliphatic carbocycles. The molecule has 1 atom stereocenters. The van der Waals surface area contributed by atoms with E-state index in [4.69, 9.17) is 9.73 Å². The molecule has 3 heterocycles. The number of rotatable bonds is 5. The molecule has 1 aromatic rings. The molecular formula is C15H26N6O. The molecule has 122 valence electrons. The van der Waals surface area contributed by atoms with E-state index in [0.29, 0.717) is 12.5 Å². The van der Waals surface area contributed by atoms with Gasteiger partial charge in [-0.05, 0) is 19.8 Å². The first kappa shape index (κ1) is 15.3. The van der Waals surface area contributed by atoms with Crippen molar-refractivity contribution in [1.82, 2.24) is 25.0 Å². The van der Waals surface area contributed by atoms with Crippen molar-refractivity contribution in [3.05, 3.63) is 11.6 Å². The third-order valence-electron chi connectivity index (χ3n) is 4.38. The Morgan fingerprint density at radius 2 is 2.32 bits per heavy atom. The van der Waals surface area contributed by atoms with Gasteiger partial charge in [0.2, 0.25) is 0 Å². The molecule has 0 aromatic carbocycles. The predicted octanol–water partition coefficient (Wildman–Crippen LogP) is 0.658. The number of nitrogens with one attached hydrogen (secondary N) is 1. The van der Waals surface area contributed by atoms with Crippen molar-refractivity contribution in [2.75, 3.05) is 33.4 Å². The smallest absolute Gasteiger partial charge is 0.194 e. The second-order valence-electron chi connectivity index (χ2n) is 6.01. The summed E-state index contributed by atoms with van der Waals surface area (Å²) < 4.78 is 7.49. The molecule has 3 rings (SSSR count). The van der Waals surface area contributed by atoms with E-state index in [0.717, 1.165) is 56.8 Å². The number of aromatic nitrogens is 3. The van der Waals surface area contributed by atoms with Gasteiger partial charge in [-0.25, -0.2) is 4.99 Å². The van der Waals surface area contributed by atoms with Crippen LogP contribution in [0.2, 0.25) is 0 Å². The molecule has 1 N–H and O–H groups in total. The standard InChI is InChI=1S/C15H26N6O/c1-3-16-15(20-8-6-12(10-20)11-22-2)17-9-14-19-18-13-5-4-7-21(13)14/h12H,3-11H2,1-2H3,(H,16,17). The maximum Gasteiger partial charge on any atom is 0.194 e. The molecule has 22 heavy (non-hydrogen) atoms. The highest BCUT2D eigenvalue weighted by Crippen LogP contribution is 2.17. The molecule has 1 aromatic heterocycles. The average Bonchev–Trinajstić information content (AvgIpc) is 3.21. The Balaban J connectivity index is 1.65. The second-order valence-corrected chi connectivity index (χ2v) is 6.01. The summed E-state index contributed by atoms with van der Waals surface area (Å²) in [5, 5.41) is 11.9. The van der Waals surface area contributed by atoms with E-state index in [1.54, 1.807) is 7.11 Å². The quantitative estimate of drug-likeness (QED) is 0.639. The highest BCUT2D eigenvalue weighted by molar-refractivity contribution is 5.80. The van der Waals surface area contributed by atoms with Gasteiger partial charge in [0, 0.05) is 45.6 Å². The van der Waals surface area contributed by atoms with E-state index in [1.807, 2.05) is 0 Å². The van der Waals surface area contributed by atoms with Crippen molar-refractivity contribution in [3.63, 3.8) is 0 Å². The van der Waals surface area contributed by atoms with Crippen molar-refractivity contribution in [3.8, 4) is 0 Å². The number of ether oxygens (including phenoxy) is 1. The van der Waals surface area contributed by atoms with Crippen LogP contribution in [0, 0.1) is 5.92 Å². The first-order chi connectivity index (χ1) is 10.8. The fourth-order valence-corrected chi connectivity index (χ4v) is 3.30. The normalized spacial score (nSPS) is 21.5. The van der Waals surface area contributed by atoms with Crippen molar-refractivity contribution in [2.24, 2.45) is 10.9 Å². The van der Waals surface area contributed by atoms with Gasteiger partial charge in [0.15, 0.2) is 11.8 Å². The summed E-state index contributed by atoms with van der Waals surface area (Å²) in [4.78, 5) is 7.11. The number of aryl methyl sites for hydroxylation is 1. The average molecular weight is 306 g/mol. The summed E-state index contributed by atoms with van der Waals surface area (Å²) in [6, 6.07) is 0. The number of aliphatic imine (C=N–C) groups is 1. The lowest BCUT2D eigenvalue weighted by Crippen LogP contribution is -2.40. The lowest BCUT2D eigenvalue weighted by molar-refractivity contribution is 0.157. The topological polar surface area (TPSA) is 67.6 Å². The summed E-state index contributed by atoms with van der Waals surface area (Å²) in [6.07, 6.45) is 3.38. The number of hydrogen-bond acceptors (Lipinski definition) is 4. The Kier molecular flexibility index (Phi) is 4.92. The predicted molar refractivity (Wildman–Crippen MR) is 84.7 cm³/mol. The van der Waals surface area contributed by atoms with Crippen LogP contribution in [0.5, 0.6) is 0 Å². The van der Waals surface area contributed by atoms with Crippen LogP contribution >= 0.6 is 0 Å². The van der Waals surface area contributed by atoms with Crippen molar-refractivity contribution < 1.29 is 4.74 Å². The van der Waals surface area contributed by atoms with Gasteiger partial charge in [-0.3, -0.25) is 0 Å². The molecule has 0 spiro atoms. The SMILES string of the molecule is CCNC(=NCc1nnc2n1CCC2)N1CCC(COC)C1. The molecular weight excluding hydrogens is 280 g/mol. The van der Waals surface area contributed by atoms with Gasteiger partial charge in [-0.1, -0.05) is 0 Å². The molecule has 2 aliphatic heterocycles. The molecule has 1 saturated heterocycles. The van der Waals surface area contributed by atoms with Crippen molar-refractivity contribution in [2.45, 2.75) is 39.3 Å². The summed E-state index contributed by atoms with van der Waals surface area (Å²) >= 11 is 0. The molecule has 0 bridgehead atoms. The van der Waals surface area contributed by atoms with Gasteiger partial charge in [0.1, 0.15) is 12.4 Å². The van der Waals surface area contributed by atoms with E-state index in [1.165, 1.54) is 12.8 Å². The summed E-state index contributed by atoms with van der Waals surface area (Å²) in [7, 11) is 1.77. The summed E-state index contributed by atoms with van der Waals surface area (Å²) in [5.74, 6) is 3.68. The van der Waals surface area contributed by atoms with Crippen LogP contribution in [0.1, 0.15) is 31.4 Å². The number of guanidine groups is 1. The minimum atomic E-state index is 0.598. The molecule has 0 amide bonds. The molecule has 1 fully saturated rings. The lowest BCUT2D eigenvalue weighted by atomic mass is 10.1. The first-order valence-corrected chi connectivity index (χ1v) is 8.25. The molecule has 1 unspecified atom stereocenters. The van der Waals surface area contributed by atoms with Gasteiger partial charge in [0.05, 0.1) is 6.61 Å². The Bertz CT molecular complexity index is 526. The van der Waals surface area contributed by atoms with Crippen LogP contribution in [0.3, 0.4) is 0 Å². The van der Waals surface area contributed by atoms with Crippen molar-refractivity contribution in [1.29, 1.82) is 0 Å². The third-order valence-corrected chi connectivity index (χ3v) is 4.38. The summed E-state index contributed by atoms with van der Waals surface area (Å²) in [6.45, 7) is 7.49. The number of hydrogen-bond donors (Lipinski definition) is 1. The first-order valence-electron chi connectivity index (χ1n) is 8.25. The lowest BCUT2D eigenvalue weighted by Gasteiger charge is -2.21. The van der Waals surface area contributed by atoms with Crippen LogP contribution in [-0.4, -0.2) is 59.0 Å². The van der Waals surface area contributed by atoms with Gasteiger partial charge in [-0.15, -0.1) is 10.2 Å². The number of likely N-dealkylation sites (tertiary alicyclic amines) is 1. The van der Waals surface area contributed by atoms with Gasteiger partial charge < -0.3 is 19.5 Å². The zero-order valence-corrected chi connectivity index (χ0v) is 13.6. The molecule has 2 aliphatic rings. The van der Waals surface area contributed by atoms with Crippen LogP contribution in [0.15, 0.2) is 4.99 Å². The second kappa shape index (κ2) is 7.09. The molecule has 7 nitrogen and oxygen atoms in total. The van der Waals surface area contributed by atoms with E-state index in [-0.39, 0.29) is 0 Å². The zero-order chi connectivity index (χ0) is 15.4. The molecule has 0 radical (unpaired) electrons. The third kappa shape index (κ3) is 3.24. The van der Waals surface area contributed by atoms with Crippen LogP contribution in [0.4, 0.5) is 0 Å². The summed E-state index contributed by atoms with van der Waals surface area (Å²) in [5.41, 5.74) is 0. The fraction of sp³-hybridized carbons (Fsp3) is 0.800. The zero-order valence-electron chi connectivity index (χ0n) is 13.6. The van der Waals surface area contributed by atoms with Gasteiger partial charge in [-0.2, -0.15) is 0 Å². The minimum Gasteiger partial charge on any atom is -0.384 e. The van der Waals surface area contributed by atoms with E-state index >= 15 is 0 Å². The number of methoxy groups -OCH3 is 1. The van der Waals surface area contributed by atoms with E-state index in [9.17, 15) is 0 Å². The Morgan fingerprint density at radius 3 is 3.14 bits per heavy atom. The highest BCUT2D eigenvalue weighted by atomic mass is 16.5. The Labute approximate surface area is 131 Å². The van der Waals surface area contributed by atoms with Crippen LogP contribution in [-0.2, 0) is 24.2 Å². The Hall–Kier alpha value is -1.63. The maximum absolute atomic E-state index is 5.27. The highest BCUT2D eigenvalue weighted by Gasteiger charge is 2.25. The largest absolute Gasteiger partial charge is 0.384 e. The fourth-order valence-electron chi connectivity index (χ4n) is 3.30. The van der Waals surface area contributed by atoms with Gasteiger partial charge in [0.25, 0.3) is 0 Å². The van der Waals surface area contributed by atoms with Gasteiger partial charge >= 0.3 is 0 Å². The number of nitrogens with zero attached hydrogens (tertiary/aromatic N) is 5. The van der Waals surface area contributed by atoms with E-state index < -0.39 is 0 Å². The van der Waals surface area contributed by atoms with E-state index in [2.05, 4.69) is 31.9 Å². The monoisotopic (exact) mass is 306 g/mol. The Morgan fingerprint density at radius 1 is 1.41 bits per heavy atom. The van der Waals surface area contributed by atoms with Crippen molar-refractivity contribution >= 4 is 5.96 Å². The molecule has 0 saturated carbocycles. The van der Waals surface area contributed by atoms with Crippen LogP contribution < -0.4 is 5.32 Å². The molecule has 7 heteroatoms. The minimum absolute atomic E-state index is 0.598. The maximum atomic E-state index is 5.27.